The molecule has 1 nitrogen and oxygen atoms in total. The van der Waals surface area contributed by atoms with E-state index in [0.29, 0.717) is 5.92 Å². The van der Waals surface area contributed by atoms with Crippen molar-refractivity contribution in [1.82, 2.24) is 0 Å². The van der Waals surface area contributed by atoms with Gasteiger partial charge >= 0.3 is 163 Å². The van der Waals surface area contributed by atoms with E-state index < -0.39 is 18.9 Å². The standard InChI is InChI=1S/C21H19O.2CH3.2ClH.H2Si.Zr/c22-13-5-8-17-14-16-7-2-4-10-19(16)21(17)20-12-11-15-6-1-3-9-18(15)20;;;;;;/h1-4,6-7,9-12,14,21-22H,5,8,13H2;2*1H3;2*1H;1H2;. The number of aliphatic hydroxyl groups excluding tert-OH is 1. The van der Waals surface area contributed by atoms with Gasteiger partial charge in [-0.3, -0.25) is 0 Å². The van der Waals surface area contributed by atoms with Gasteiger partial charge in [-0.25, -0.2) is 0 Å². The zero-order valence-electron chi connectivity index (χ0n) is 16.5. The Hall–Kier alpha value is -0.440. The van der Waals surface area contributed by atoms with Crippen molar-refractivity contribution in [3.05, 3.63) is 82.4 Å². The minimum absolute atomic E-state index is 0. The molecule has 0 aromatic heterocycles. The molecular weight excluding hydrogens is 482 g/mol. The second-order valence-corrected chi connectivity index (χ2v) is 30.0. The second kappa shape index (κ2) is 9.14. The van der Waals surface area contributed by atoms with E-state index in [1.807, 2.05) is 0 Å². The summed E-state index contributed by atoms with van der Waals surface area (Å²) in [6, 6.07) is 17.9. The quantitative estimate of drug-likeness (QED) is 0.526. The molecule has 0 radical (unpaired) electrons. The third-order valence-corrected chi connectivity index (χ3v) is 16.9. The Morgan fingerprint density at radius 1 is 1.00 bits per heavy atom. The van der Waals surface area contributed by atoms with Gasteiger partial charge in [0.2, 0.25) is 0 Å². The number of aliphatic hydroxyl groups is 1. The summed E-state index contributed by atoms with van der Waals surface area (Å²) in [5.41, 5.74) is 7.31. The van der Waals surface area contributed by atoms with Crippen molar-refractivity contribution >= 4 is 43.8 Å². The number of halogens is 2. The third kappa shape index (κ3) is 3.70. The van der Waals surface area contributed by atoms with Crippen LogP contribution in [0.2, 0.25) is 9.26 Å². The van der Waals surface area contributed by atoms with E-state index in [9.17, 15) is 5.11 Å². The zero-order valence-corrected chi connectivity index (χ0v) is 22.0. The van der Waals surface area contributed by atoms with Crippen LogP contribution >= 0.6 is 24.8 Å². The maximum atomic E-state index is 9.45. The maximum absolute atomic E-state index is 9.45. The van der Waals surface area contributed by atoms with Gasteiger partial charge < -0.3 is 0 Å². The Morgan fingerprint density at radius 2 is 1.64 bits per heavy atom. The average molecular weight is 512 g/mol. The summed E-state index contributed by atoms with van der Waals surface area (Å²) in [5.74, 6) is 0.424. The summed E-state index contributed by atoms with van der Waals surface area (Å²) in [6.45, 7) is 2.59. The predicted octanol–water partition coefficient (Wildman–Crippen LogP) is 5.50. The first-order valence-electron chi connectivity index (χ1n) is 9.53. The normalized spacial score (nSPS) is 22.0. The van der Waals surface area contributed by atoms with Gasteiger partial charge in [-0.05, 0) is 0 Å². The van der Waals surface area contributed by atoms with E-state index >= 15 is 0 Å². The summed E-state index contributed by atoms with van der Waals surface area (Å²) in [5, 5.41) is 9.45. The fourth-order valence-corrected chi connectivity index (χ4v) is 14.4. The van der Waals surface area contributed by atoms with Crippen molar-refractivity contribution in [3.8, 4) is 0 Å². The fourth-order valence-electron chi connectivity index (χ4n) is 4.99. The van der Waals surface area contributed by atoms with Gasteiger partial charge in [0.1, 0.15) is 0 Å². The van der Waals surface area contributed by atoms with Crippen molar-refractivity contribution in [3.63, 3.8) is 0 Å². The van der Waals surface area contributed by atoms with E-state index in [1.165, 1.54) is 27.8 Å². The molecule has 0 fully saturated rings. The van der Waals surface area contributed by atoms with Crippen molar-refractivity contribution < 1.29 is 24.0 Å². The molecule has 1 N–H and O–H groups in total. The second-order valence-electron chi connectivity index (χ2n) is 8.28. The van der Waals surface area contributed by atoms with Crippen molar-refractivity contribution in [2.45, 2.75) is 31.1 Å². The van der Waals surface area contributed by atoms with E-state index in [0.717, 1.165) is 12.8 Å². The zero-order chi connectivity index (χ0) is 18.4. The molecule has 2 aromatic carbocycles. The van der Waals surface area contributed by atoms with Gasteiger partial charge in [0.25, 0.3) is 0 Å². The van der Waals surface area contributed by atoms with Crippen LogP contribution in [0.15, 0.2) is 60.2 Å². The van der Waals surface area contributed by atoms with E-state index in [-0.39, 0.29) is 34.5 Å². The number of allylic oxidation sites excluding steroid dienone is 2. The Kier molecular flexibility index (Phi) is 7.78. The Morgan fingerprint density at radius 3 is 2.32 bits per heavy atom. The monoisotopic (exact) mass is 509 g/mol. The number of rotatable bonds is 5. The summed E-state index contributed by atoms with van der Waals surface area (Å²) in [4.78, 5) is 0. The Labute approximate surface area is 186 Å². The first-order valence-corrected chi connectivity index (χ1v) is 21.6. The average Bonchev–Trinajstić information content (AvgIpc) is 3.18. The number of fused-ring (bicyclic) bond motifs is 2. The summed E-state index contributed by atoms with van der Waals surface area (Å²) >= 11 is -2.47. The summed E-state index contributed by atoms with van der Waals surface area (Å²) < 4.78 is 5.33. The van der Waals surface area contributed by atoms with Gasteiger partial charge in [-0.2, -0.15) is 0 Å². The molecule has 2 aromatic rings. The van der Waals surface area contributed by atoms with Crippen molar-refractivity contribution in [1.29, 1.82) is 0 Å². The van der Waals surface area contributed by atoms with Crippen molar-refractivity contribution in [2.75, 3.05) is 6.61 Å². The molecule has 5 heteroatoms. The van der Waals surface area contributed by atoms with Crippen LogP contribution in [0.25, 0.3) is 12.2 Å². The molecule has 0 heterocycles. The molecule has 2 aliphatic carbocycles. The molecular formula is C23H29Cl2OSiZr. The number of hydrogen-bond donors (Lipinski definition) is 1. The predicted molar refractivity (Wildman–Crippen MR) is 125 cm³/mol. The van der Waals surface area contributed by atoms with Gasteiger partial charge in [0.05, 0.1) is 0 Å². The fraction of sp³-hybridized carbons (Fsp3) is 0.304. The summed E-state index contributed by atoms with van der Waals surface area (Å²) in [6.07, 6.45) is 9.16. The first kappa shape index (κ1) is 23.8. The summed E-state index contributed by atoms with van der Waals surface area (Å²) in [7, 11) is 0. The molecule has 4 rings (SSSR count). The molecule has 0 saturated carbocycles. The topological polar surface area (TPSA) is 20.2 Å². The number of hydrogen-bond acceptors (Lipinski definition) is 1. The van der Waals surface area contributed by atoms with Crippen LogP contribution in [0.5, 0.6) is 0 Å². The molecule has 2 atom stereocenters. The van der Waals surface area contributed by atoms with Crippen LogP contribution in [0.4, 0.5) is 0 Å². The molecule has 149 valence electrons. The number of benzene rings is 2. The SMILES string of the molecule is Cl.Cl.[CH3][Zr]([CH3])(=[SiH2])[C]1(C2C(CCCO)=Cc3ccccc32)C=Cc2ccccc21. The molecule has 0 aliphatic heterocycles. The van der Waals surface area contributed by atoms with Crippen LogP contribution in [0.1, 0.15) is 41.0 Å². The van der Waals surface area contributed by atoms with Gasteiger partial charge in [-0.15, -0.1) is 24.8 Å². The van der Waals surface area contributed by atoms with Gasteiger partial charge in [-0.1, -0.05) is 0 Å². The first-order chi connectivity index (χ1) is 12.5. The molecule has 0 saturated heterocycles. The van der Waals surface area contributed by atoms with Crippen LogP contribution in [-0.2, 0) is 22.0 Å². The van der Waals surface area contributed by atoms with Crippen LogP contribution in [0.3, 0.4) is 0 Å². The Bertz CT molecular complexity index is 963. The van der Waals surface area contributed by atoms with E-state index in [2.05, 4.69) is 82.9 Å². The minimum atomic E-state index is -2.47. The Balaban J connectivity index is 0.00000140. The molecule has 2 unspecified atom stereocenters. The molecule has 0 spiro atoms. The molecule has 0 bridgehead atoms. The third-order valence-electron chi connectivity index (χ3n) is 6.15. The van der Waals surface area contributed by atoms with E-state index in [4.69, 9.17) is 0 Å². The van der Waals surface area contributed by atoms with Crippen LogP contribution in [0, 0.1) is 0 Å². The van der Waals surface area contributed by atoms with Crippen LogP contribution < -0.4 is 0 Å². The van der Waals surface area contributed by atoms with Gasteiger partial charge in [0, 0.05) is 0 Å². The van der Waals surface area contributed by atoms with Crippen molar-refractivity contribution in [2.24, 2.45) is 0 Å². The molecule has 2 aliphatic rings. The molecule has 0 amide bonds. The van der Waals surface area contributed by atoms with E-state index in [1.54, 1.807) is 0 Å². The van der Waals surface area contributed by atoms with Gasteiger partial charge in [0.15, 0.2) is 0 Å². The molecule has 28 heavy (non-hydrogen) atoms. The van der Waals surface area contributed by atoms with Crippen LogP contribution in [-0.4, -0.2) is 18.6 Å².